The third-order valence-corrected chi connectivity index (χ3v) is 3.79. The van der Waals surface area contributed by atoms with Crippen LogP contribution in [0.5, 0.6) is 5.75 Å². The lowest BCUT2D eigenvalue weighted by Crippen LogP contribution is -2.20. The van der Waals surface area contributed by atoms with Crippen LogP contribution in [0.25, 0.3) is 0 Å². The quantitative estimate of drug-likeness (QED) is 0.802. The third-order valence-electron chi connectivity index (χ3n) is 2.48. The number of hydrogen-bond donors (Lipinski definition) is 1. The Labute approximate surface area is 139 Å². The Bertz CT molecular complexity index is 682. The fraction of sp³-hybridized carbons (Fsp3) is 0.0714. The van der Waals surface area contributed by atoms with Crippen LogP contribution >= 0.6 is 39.1 Å². The van der Waals surface area contributed by atoms with Crippen molar-refractivity contribution in [3.63, 3.8) is 0 Å². The summed E-state index contributed by atoms with van der Waals surface area (Å²) in [4.78, 5) is 11.8. The van der Waals surface area contributed by atoms with Gasteiger partial charge in [-0.1, -0.05) is 45.2 Å². The van der Waals surface area contributed by atoms with Crippen molar-refractivity contribution in [3.8, 4) is 5.75 Å². The molecule has 0 bridgehead atoms. The first-order valence-corrected chi connectivity index (χ1v) is 7.34. The van der Waals surface area contributed by atoms with Crippen molar-refractivity contribution >= 4 is 50.7 Å². The Kier molecular flexibility index (Phi) is 5.45. The standard InChI is InChI=1S/C14H9BrCl2FNO2/c15-8-4-5-12(10(18)6-8)21-7-13(20)19-11-3-1-2-9(16)14(11)17/h1-6H,7H2,(H,19,20). The fourth-order valence-electron chi connectivity index (χ4n) is 1.52. The molecule has 0 heterocycles. The molecule has 0 spiro atoms. The van der Waals surface area contributed by atoms with Crippen molar-refractivity contribution < 1.29 is 13.9 Å². The van der Waals surface area contributed by atoms with Crippen LogP contribution in [0, 0.1) is 5.82 Å². The number of benzene rings is 2. The van der Waals surface area contributed by atoms with Crippen molar-refractivity contribution in [2.24, 2.45) is 0 Å². The summed E-state index contributed by atoms with van der Waals surface area (Å²) in [6, 6.07) is 9.16. The van der Waals surface area contributed by atoms with Crippen molar-refractivity contribution in [1.82, 2.24) is 0 Å². The highest BCUT2D eigenvalue weighted by molar-refractivity contribution is 9.10. The second kappa shape index (κ2) is 7.11. The first kappa shape index (κ1) is 16.1. The molecule has 0 radical (unpaired) electrons. The van der Waals surface area contributed by atoms with Crippen LogP contribution in [-0.2, 0) is 4.79 Å². The van der Waals surface area contributed by atoms with Gasteiger partial charge in [-0.25, -0.2) is 4.39 Å². The summed E-state index contributed by atoms with van der Waals surface area (Å²) in [6.45, 7) is -0.346. The Morgan fingerprint density at radius 3 is 2.76 bits per heavy atom. The van der Waals surface area contributed by atoms with Gasteiger partial charge in [0.1, 0.15) is 0 Å². The van der Waals surface area contributed by atoms with E-state index in [0.29, 0.717) is 15.2 Å². The highest BCUT2D eigenvalue weighted by atomic mass is 79.9. The summed E-state index contributed by atoms with van der Waals surface area (Å²) in [5.74, 6) is -1.04. The normalized spacial score (nSPS) is 10.3. The van der Waals surface area contributed by atoms with Crippen molar-refractivity contribution in [3.05, 3.63) is 56.7 Å². The van der Waals surface area contributed by atoms with Gasteiger partial charge in [0.15, 0.2) is 18.2 Å². The smallest absolute Gasteiger partial charge is 0.262 e. The molecule has 1 N–H and O–H groups in total. The number of nitrogens with one attached hydrogen (secondary N) is 1. The third kappa shape index (κ3) is 4.33. The minimum Gasteiger partial charge on any atom is -0.481 e. The maximum absolute atomic E-state index is 13.5. The largest absolute Gasteiger partial charge is 0.481 e. The van der Waals surface area contributed by atoms with E-state index in [1.54, 1.807) is 24.3 Å². The Balaban J connectivity index is 1.97. The molecule has 2 aromatic carbocycles. The monoisotopic (exact) mass is 391 g/mol. The molecule has 110 valence electrons. The summed E-state index contributed by atoms with van der Waals surface area (Å²) < 4.78 is 19.2. The lowest BCUT2D eigenvalue weighted by molar-refractivity contribution is -0.118. The van der Waals surface area contributed by atoms with Crippen LogP contribution in [0.2, 0.25) is 10.0 Å². The van der Waals surface area contributed by atoms with Crippen LogP contribution in [-0.4, -0.2) is 12.5 Å². The highest BCUT2D eigenvalue weighted by Crippen LogP contribution is 2.29. The SMILES string of the molecule is O=C(COc1ccc(Br)cc1F)Nc1cccc(Cl)c1Cl. The fourth-order valence-corrected chi connectivity index (χ4v) is 2.20. The van der Waals surface area contributed by atoms with Crippen LogP contribution < -0.4 is 10.1 Å². The van der Waals surface area contributed by atoms with Crippen LogP contribution in [0.3, 0.4) is 0 Å². The topological polar surface area (TPSA) is 38.3 Å². The molecule has 0 aromatic heterocycles. The first-order valence-electron chi connectivity index (χ1n) is 5.79. The molecule has 0 aliphatic carbocycles. The minimum atomic E-state index is -0.557. The van der Waals surface area contributed by atoms with Crippen molar-refractivity contribution in [2.45, 2.75) is 0 Å². The molecular formula is C14H9BrCl2FNO2. The molecule has 2 rings (SSSR count). The van der Waals surface area contributed by atoms with Gasteiger partial charge < -0.3 is 10.1 Å². The van der Waals surface area contributed by atoms with Crippen molar-refractivity contribution in [1.29, 1.82) is 0 Å². The zero-order valence-electron chi connectivity index (χ0n) is 10.5. The Morgan fingerprint density at radius 1 is 1.29 bits per heavy atom. The van der Waals surface area contributed by atoms with Gasteiger partial charge in [0.25, 0.3) is 5.91 Å². The van der Waals surface area contributed by atoms with Gasteiger partial charge in [-0.05, 0) is 30.3 Å². The molecule has 2 aromatic rings. The lowest BCUT2D eigenvalue weighted by Gasteiger charge is -2.10. The highest BCUT2D eigenvalue weighted by Gasteiger charge is 2.10. The average molecular weight is 393 g/mol. The molecule has 0 aliphatic rings. The van der Waals surface area contributed by atoms with E-state index in [1.807, 2.05) is 0 Å². The summed E-state index contributed by atoms with van der Waals surface area (Å²) in [6.07, 6.45) is 0. The maximum atomic E-state index is 13.5. The molecule has 1 amide bonds. The first-order chi connectivity index (χ1) is 9.97. The second-order valence-corrected chi connectivity index (χ2v) is 5.71. The molecule has 0 saturated carbocycles. The number of rotatable bonds is 4. The van der Waals surface area contributed by atoms with Crippen LogP contribution in [0.15, 0.2) is 40.9 Å². The number of ether oxygens (including phenoxy) is 1. The second-order valence-electron chi connectivity index (χ2n) is 4.01. The number of anilines is 1. The van der Waals surface area contributed by atoms with Gasteiger partial charge in [-0.15, -0.1) is 0 Å². The van der Waals surface area contributed by atoms with Gasteiger partial charge in [-0.2, -0.15) is 0 Å². The molecule has 7 heteroatoms. The number of carbonyl (C=O) groups excluding carboxylic acids is 1. The Hall–Kier alpha value is -1.30. The van der Waals surface area contributed by atoms with Gasteiger partial charge in [0, 0.05) is 4.47 Å². The molecule has 0 fully saturated rings. The van der Waals surface area contributed by atoms with E-state index in [2.05, 4.69) is 21.2 Å². The number of amides is 1. The zero-order chi connectivity index (χ0) is 15.4. The molecule has 0 unspecified atom stereocenters. The van der Waals surface area contributed by atoms with Gasteiger partial charge >= 0.3 is 0 Å². The van der Waals surface area contributed by atoms with E-state index in [-0.39, 0.29) is 17.4 Å². The van der Waals surface area contributed by atoms with Crippen LogP contribution in [0.4, 0.5) is 10.1 Å². The van der Waals surface area contributed by atoms with Gasteiger partial charge in [-0.3, -0.25) is 4.79 Å². The molecule has 0 aliphatic heterocycles. The van der Waals surface area contributed by atoms with E-state index in [9.17, 15) is 9.18 Å². The number of hydrogen-bond acceptors (Lipinski definition) is 2. The molecule has 0 atom stereocenters. The van der Waals surface area contributed by atoms with Gasteiger partial charge in [0.2, 0.25) is 0 Å². The summed E-state index contributed by atoms with van der Waals surface area (Å²) in [5, 5.41) is 3.11. The van der Waals surface area contributed by atoms with E-state index in [4.69, 9.17) is 27.9 Å². The predicted octanol–water partition coefficient (Wildman–Crippen LogP) is 4.91. The summed E-state index contributed by atoms with van der Waals surface area (Å²) >= 11 is 14.9. The zero-order valence-corrected chi connectivity index (χ0v) is 13.6. The van der Waals surface area contributed by atoms with Gasteiger partial charge in [0.05, 0.1) is 15.7 Å². The van der Waals surface area contributed by atoms with Crippen LogP contribution in [0.1, 0.15) is 0 Å². The number of carbonyl (C=O) groups is 1. The lowest BCUT2D eigenvalue weighted by atomic mass is 10.3. The molecular weight excluding hydrogens is 384 g/mol. The Morgan fingerprint density at radius 2 is 2.05 bits per heavy atom. The van der Waals surface area contributed by atoms with E-state index >= 15 is 0 Å². The minimum absolute atomic E-state index is 0.00876. The van der Waals surface area contributed by atoms with Crippen molar-refractivity contribution in [2.75, 3.05) is 11.9 Å². The molecule has 3 nitrogen and oxygen atoms in total. The predicted molar refractivity (Wildman–Crippen MR) is 84.7 cm³/mol. The maximum Gasteiger partial charge on any atom is 0.262 e. The molecule has 21 heavy (non-hydrogen) atoms. The summed E-state index contributed by atoms with van der Waals surface area (Å²) in [7, 11) is 0. The van der Waals surface area contributed by atoms with E-state index in [0.717, 1.165) is 0 Å². The number of halogens is 4. The average Bonchev–Trinajstić information content (AvgIpc) is 2.43. The molecule has 0 saturated heterocycles. The van der Waals surface area contributed by atoms with E-state index in [1.165, 1.54) is 12.1 Å². The van der Waals surface area contributed by atoms with E-state index < -0.39 is 11.7 Å². The summed E-state index contributed by atoms with van der Waals surface area (Å²) in [5.41, 5.74) is 0.369.